The normalized spacial score (nSPS) is 16.4. The highest BCUT2D eigenvalue weighted by atomic mass is 16.5. The zero-order valence-corrected chi connectivity index (χ0v) is 10.3. The van der Waals surface area contributed by atoms with Gasteiger partial charge in [0.25, 0.3) is 0 Å². The van der Waals surface area contributed by atoms with Gasteiger partial charge >= 0.3 is 0 Å². The zero-order chi connectivity index (χ0) is 11.4. The maximum absolute atomic E-state index is 5.60. The second kappa shape index (κ2) is 5.35. The van der Waals surface area contributed by atoms with Crippen molar-refractivity contribution in [1.82, 2.24) is 5.32 Å². The lowest BCUT2D eigenvalue weighted by molar-refractivity contribution is 0.288. The first-order valence-electron chi connectivity index (χ1n) is 6.27. The molecule has 1 aliphatic rings. The van der Waals surface area contributed by atoms with Crippen LogP contribution in [0.25, 0.3) is 0 Å². The minimum absolute atomic E-state index is 0.590. The summed E-state index contributed by atoms with van der Waals surface area (Å²) < 4.78 is 5.60. The van der Waals surface area contributed by atoms with Crippen LogP contribution in [0.5, 0.6) is 5.75 Å². The number of hydrogen-bond acceptors (Lipinski definition) is 2. The van der Waals surface area contributed by atoms with E-state index in [2.05, 4.69) is 37.4 Å². The van der Waals surface area contributed by atoms with Gasteiger partial charge in [0.2, 0.25) is 0 Å². The van der Waals surface area contributed by atoms with Crippen molar-refractivity contribution in [2.24, 2.45) is 0 Å². The molecule has 1 atom stereocenters. The Hall–Kier alpha value is -1.02. The Labute approximate surface area is 98.0 Å². The van der Waals surface area contributed by atoms with Crippen molar-refractivity contribution in [3.8, 4) is 5.75 Å². The Kier molecular flexibility index (Phi) is 3.83. The highest BCUT2D eigenvalue weighted by Crippen LogP contribution is 2.25. The fraction of sp³-hybridized carbons (Fsp3) is 0.571. The molecule has 0 saturated carbocycles. The van der Waals surface area contributed by atoms with Gasteiger partial charge in [-0.3, -0.25) is 0 Å². The number of hydrogen-bond donors (Lipinski definition) is 1. The van der Waals surface area contributed by atoms with Crippen LogP contribution in [0.15, 0.2) is 18.2 Å². The zero-order valence-electron chi connectivity index (χ0n) is 10.3. The summed E-state index contributed by atoms with van der Waals surface area (Å²) in [5, 5.41) is 3.51. The van der Waals surface area contributed by atoms with E-state index < -0.39 is 0 Å². The molecule has 88 valence electrons. The third-order valence-corrected chi connectivity index (χ3v) is 3.24. The Morgan fingerprint density at radius 2 is 2.31 bits per heavy atom. The molecule has 2 rings (SSSR count). The predicted molar refractivity (Wildman–Crippen MR) is 66.9 cm³/mol. The van der Waals surface area contributed by atoms with E-state index in [0.29, 0.717) is 6.04 Å². The molecule has 0 saturated heterocycles. The molecule has 0 bridgehead atoms. The van der Waals surface area contributed by atoms with Crippen molar-refractivity contribution in [2.45, 2.75) is 45.7 Å². The van der Waals surface area contributed by atoms with Gasteiger partial charge in [0, 0.05) is 12.6 Å². The molecule has 1 unspecified atom stereocenters. The maximum Gasteiger partial charge on any atom is 0.122 e. The van der Waals surface area contributed by atoms with Crippen LogP contribution in [0.1, 0.15) is 37.8 Å². The van der Waals surface area contributed by atoms with E-state index in [1.165, 1.54) is 17.5 Å². The minimum atomic E-state index is 0.590. The van der Waals surface area contributed by atoms with Crippen LogP contribution >= 0.6 is 0 Å². The smallest absolute Gasteiger partial charge is 0.122 e. The third kappa shape index (κ3) is 2.76. The summed E-state index contributed by atoms with van der Waals surface area (Å²) in [4.78, 5) is 0. The van der Waals surface area contributed by atoms with Crippen molar-refractivity contribution < 1.29 is 4.74 Å². The standard InChI is InChI=1S/C14H21NO/c1-3-11(2)15-10-12-6-7-14-13(9-12)5-4-8-16-14/h6-7,9,11,15H,3-5,8,10H2,1-2H3. The van der Waals surface area contributed by atoms with Crippen LogP contribution in [-0.4, -0.2) is 12.6 Å². The fourth-order valence-electron chi connectivity index (χ4n) is 1.96. The SMILES string of the molecule is CCC(C)NCc1ccc2c(c1)CCCO2. The van der Waals surface area contributed by atoms with Crippen molar-refractivity contribution >= 4 is 0 Å². The van der Waals surface area contributed by atoms with Crippen LogP contribution in [0.2, 0.25) is 0 Å². The monoisotopic (exact) mass is 219 g/mol. The number of aryl methyl sites for hydroxylation is 1. The molecular weight excluding hydrogens is 198 g/mol. The van der Waals surface area contributed by atoms with E-state index in [1.807, 2.05) is 0 Å². The molecular formula is C14H21NO. The molecule has 1 N–H and O–H groups in total. The minimum Gasteiger partial charge on any atom is -0.493 e. The van der Waals surface area contributed by atoms with Gasteiger partial charge in [-0.05, 0) is 43.4 Å². The summed E-state index contributed by atoms with van der Waals surface area (Å²) in [5.41, 5.74) is 2.74. The topological polar surface area (TPSA) is 21.3 Å². The molecule has 2 nitrogen and oxygen atoms in total. The molecule has 1 aromatic carbocycles. The number of nitrogens with one attached hydrogen (secondary N) is 1. The number of benzene rings is 1. The summed E-state index contributed by atoms with van der Waals surface area (Å²) in [6.07, 6.45) is 3.48. The number of rotatable bonds is 4. The highest BCUT2D eigenvalue weighted by Gasteiger charge is 2.10. The molecule has 0 radical (unpaired) electrons. The summed E-state index contributed by atoms with van der Waals surface area (Å²) >= 11 is 0. The summed E-state index contributed by atoms with van der Waals surface area (Å²) in [7, 11) is 0. The van der Waals surface area contributed by atoms with Crippen LogP contribution in [0.3, 0.4) is 0 Å². The Balaban J connectivity index is 2.00. The molecule has 1 aromatic rings. The molecule has 2 heteroatoms. The van der Waals surface area contributed by atoms with Crippen molar-refractivity contribution in [3.63, 3.8) is 0 Å². The van der Waals surface area contributed by atoms with Gasteiger partial charge in [0.1, 0.15) is 5.75 Å². The first-order valence-corrected chi connectivity index (χ1v) is 6.27. The largest absolute Gasteiger partial charge is 0.493 e. The Morgan fingerprint density at radius 3 is 3.12 bits per heavy atom. The van der Waals surface area contributed by atoms with Crippen LogP contribution in [0, 0.1) is 0 Å². The molecule has 0 fully saturated rings. The quantitative estimate of drug-likeness (QED) is 0.840. The van der Waals surface area contributed by atoms with Crippen molar-refractivity contribution in [3.05, 3.63) is 29.3 Å². The Bertz CT molecular complexity index is 349. The maximum atomic E-state index is 5.60. The van der Waals surface area contributed by atoms with E-state index >= 15 is 0 Å². The molecule has 0 aliphatic carbocycles. The van der Waals surface area contributed by atoms with Crippen LogP contribution in [-0.2, 0) is 13.0 Å². The van der Waals surface area contributed by atoms with Gasteiger partial charge in [-0.1, -0.05) is 19.1 Å². The second-order valence-corrected chi connectivity index (χ2v) is 4.58. The lowest BCUT2D eigenvalue weighted by Crippen LogP contribution is -2.24. The lowest BCUT2D eigenvalue weighted by atomic mass is 10.0. The summed E-state index contributed by atoms with van der Waals surface area (Å²) in [6, 6.07) is 7.15. The molecule has 16 heavy (non-hydrogen) atoms. The van der Waals surface area contributed by atoms with Gasteiger partial charge < -0.3 is 10.1 Å². The number of ether oxygens (including phenoxy) is 1. The summed E-state index contributed by atoms with van der Waals surface area (Å²) in [6.45, 7) is 6.26. The van der Waals surface area contributed by atoms with E-state index in [-0.39, 0.29) is 0 Å². The first-order chi connectivity index (χ1) is 7.79. The van der Waals surface area contributed by atoms with Gasteiger partial charge in [-0.15, -0.1) is 0 Å². The van der Waals surface area contributed by atoms with Gasteiger partial charge in [-0.25, -0.2) is 0 Å². The third-order valence-electron chi connectivity index (χ3n) is 3.24. The fourth-order valence-corrected chi connectivity index (χ4v) is 1.96. The summed E-state index contributed by atoms with van der Waals surface area (Å²) in [5.74, 6) is 1.08. The van der Waals surface area contributed by atoms with E-state index in [1.54, 1.807) is 0 Å². The van der Waals surface area contributed by atoms with E-state index in [4.69, 9.17) is 4.74 Å². The van der Waals surface area contributed by atoms with E-state index in [9.17, 15) is 0 Å². The van der Waals surface area contributed by atoms with Gasteiger partial charge in [0.15, 0.2) is 0 Å². The first kappa shape index (κ1) is 11.5. The molecule has 0 amide bonds. The molecule has 0 aromatic heterocycles. The second-order valence-electron chi connectivity index (χ2n) is 4.58. The highest BCUT2D eigenvalue weighted by molar-refractivity contribution is 5.38. The van der Waals surface area contributed by atoms with Crippen molar-refractivity contribution in [2.75, 3.05) is 6.61 Å². The van der Waals surface area contributed by atoms with Crippen molar-refractivity contribution in [1.29, 1.82) is 0 Å². The lowest BCUT2D eigenvalue weighted by Gasteiger charge is -2.18. The molecule has 1 heterocycles. The number of fused-ring (bicyclic) bond motifs is 1. The molecule has 0 spiro atoms. The van der Waals surface area contributed by atoms with Crippen LogP contribution in [0.4, 0.5) is 0 Å². The average molecular weight is 219 g/mol. The van der Waals surface area contributed by atoms with Gasteiger partial charge in [0.05, 0.1) is 6.61 Å². The van der Waals surface area contributed by atoms with E-state index in [0.717, 1.165) is 31.7 Å². The van der Waals surface area contributed by atoms with Gasteiger partial charge in [-0.2, -0.15) is 0 Å². The predicted octanol–water partition coefficient (Wildman–Crippen LogP) is 2.90. The Morgan fingerprint density at radius 1 is 1.44 bits per heavy atom. The molecule has 1 aliphatic heterocycles. The average Bonchev–Trinajstić information content (AvgIpc) is 2.35. The van der Waals surface area contributed by atoms with Crippen LogP contribution < -0.4 is 10.1 Å².